The summed E-state index contributed by atoms with van der Waals surface area (Å²) in [4.78, 5) is 12.6. The summed E-state index contributed by atoms with van der Waals surface area (Å²) in [6, 6.07) is 15.1. The van der Waals surface area contributed by atoms with Gasteiger partial charge in [-0.3, -0.25) is 4.79 Å². The standard InChI is InChI=1S/C18H17NO3/c20-15-9-11-5-1-2-6-12(11)17(15)19-18(21)14-10-22-16-8-4-3-7-13(14)16/h1-8,14-15,17,20H,9-10H2,(H,19,21). The lowest BCUT2D eigenvalue weighted by atomic mass is 9.99. The molecule has 2 aliphatic rings. The number of ether oxygens (including phenoxy) is 1. The highest BCUT2D eigenvalue weighted by molar-refractivity contribution is 5.86. The lowest BCUT2D eigenvalue weighted by molar-refractivity contribution is -0.124. The number of rotatable bonds is 2. The molecule has 1 aliphatic carbocycles. The number of benzene rings is 2. The Morgan fingerprint density at radius 3 is 2.68 bits per heavy atom. The molecule has 22 heavy (non-hydrogen) atoms. The zero-order valence-corrected chi connectivity index (χ0v) is 12.0. The van der Waals surface area contributed by atoms with E-state index in [4.69, 9.17) is 4.74 Å². The second kappa shape index (κ2) is 5.14. The van der Waals surface area contributed by atoms with Gasteiger partial charge in [0.25, 0.3) is 0 Å². The van der Waals surface area contributed by atoms with E-state index in [-0.39, 0.29) is 17.9 Å². The van der Waals surface area contributed by atoms with Crippen molar-refractivity contribution in [2.24, 2.45) is 0 Å². The summed E-state index contributed by atoms with van der Waals surface area (Å²) in [6.45, 7) is 0.357. The number of fused-ring (bicyclic) bond motifs is 2. The van der Waals surface area contributed by atoms with Gasteiger partial charge in [0.2, 0.25) is 5.91 Å². The average Bonchev–Trinajstić information content (AvgIpc) is 3.09. The van der Waals surface area contributed by atoms with Gasteiger partial charge in [0, 0.05) is 12.0 Å². The summed E-state index contributed by atoms with van der Waals surface area (Å²) in [5.41, 5.74) is 3.03. The van der Waals surface area contributed by atoms with E-state index in [0.717, 1.165) is 22.4 Å². The number of aliphatic hydroxyl groups is 1. The van der Waals surface area contributed by atoms with Crippen molar-refractivity contribution in [3.8, 4) is 5.75 Å². The lowest BCUT2D eigenvalue weighted by Gasteiger charge is -2.20. The molecule has 0 aromatic heterocycles. The maximum atomic E-state index is 12.6. The van der Waals surface area contributed by atoms with Gasteiger partial charge in [0.1, 0.15) is 18.3 Å². The van der Waals surface area contributed by atoms with Crippen LogP contribution in [0.4, 0.5) is 0 Å². The summed E-state index contributed by atoms with van der Waals surface area (Å²) < 4.78 is 5.57. The fraction of sp³-hybridized carbons (Fsp3) is 0.278. The van der Waals surface area contributed by atoms with Crippen molar-refractivity contribution in [2.45, 2.75) is 24.5 Å². The highest BCUT2D eigenvalue weighted by Gasteiger charge is 2.36. The maximum absolute atomic E-state index is 12.6. The highest BCUT2D eigenvalue weighted by atomic mass is 16.5. The summed E-state index contributed by atoms with van der Waals surface area (Å²) in [5, 5.41) is 13.3. The van der Waals surface area contributed by atoms with Crippen LogP contribution in [0.25, 0.3) is 0 Å². The van der Waals surface area contributed by atoms with Gasteiger partial charge in [0.15, 0.2) is 0 Å². The van der Waals surface area contributed by atoms with Gasteiger partial charge in [-0.05, 0) is 17.2 Å². The Morgan fingerprint density at radius 1 is 1.09 bits per heavy atom. The van der Waals surface area contributed by atoms with Crippen molar-refractivity contribution in [1.29, 1.82) is 0 Å². The van der Waals surface area contributed by atoms with E-state index in [1.807, 2.05) is 48.5 Å². The molecule has 0 fully saturated rings. The van der Waals surface area contributed by atoms with Crippen molar-refractivity contribution >= 4 is 5.91 Å². The number of carbonyl (C=O) groups excluding carboxylic acids is 1. The third-order valence-electron chi connectivity index (χ3n) is 4.52. The zero-order valence-electron chi connectivity index (χ0n) is 12.0. The van der Waals surface area contributed by atoms with E-state index in [1.165, 1.54) is 0 Å². The Morgan fingerprint density at radius 2 is 1.82 bits per heavy atom. The van der Waals surface area contributed by atoms with Crippen molar-refractivity contribution in [3.63, 3.8) is 0 Å². The first-order chi connectivity index (χ1) is 10.7. The largest absolute Gasteiger partial charge is 0.492 e. The lowest BCUT2D eigenvalue weighted by Crippen LogP contribution is -2.37. The molecule has 0 bridgehead atoms. The monoisotopic (exact) mass is 295 g/mol. The molecule has 0 radical (unpaired) electrons. The number of nitrogens with one attached hydrogen (secondary N) is 1. The minimum atomic E-state index is -0.570. The van der Waals surface area contributed by atoms with E-state index in [1.54, 1.807) is 0 Å². The molecule has 2 aromatic carbocycles. The second-order valence-corrected chi connectivity index (χ2v) is 5.86. The molecule has 0 spiro atoms. The van der Waals surface area contributed by atoms with Crippen molar-refractivity contribution < 1.29 is 14.6 Å². The van der Waals surface area contributed by atoms with E-state index in [0.29, 0.717) is 13.0 Å². The fourth-order valence-corrected chi connectivity index (χ4v) is 3.38. The number of para-hydroxylation sites is 1. The predicted octanol–water partition coefficient (Wildman–Crippen LogP) is 1.94. The van der Waals surface area contributed by atoms with Gasteiger partial charge in [-0.2, -0.15) is 0 Å². The topological polar surface area (TPSA) is 58.6 Å². The first-order valence-corrected chi connectivity index (χ1v) is 7.52. The van der Waals surface area contributed by atoms with Crippen LogP contribution in [0, 0.1) is 0 Å². The van der Waals surface area contributed by atoms with Crippen LogP contribution in [-0.4, -0.2) is 23.7 Å². The quantitative estimate of drug-likeness (QED) is 0.890. The van der Waals surface area contributed by atoms with Gasteiger partial charge in [-0.1, -0.05) is 42.5 Å². The third-order valence-corrected chi connectivity index (χ3v) is 4.52. The zero-order chi connectivity index (χ0) is 15.1. The molecular weight excluding hydrogens is 278 g/mol. The van der Waals surface area contributed by atoms with E-state index >= 15 is 0 Å². The van der Waals surface area contributed by atoms with Crippen molar-refractivity contribution in [1.82, 2.24) is 5.32 Å². The van der Waals surface area contributed by atoms with Gasteiger partial charge < -0.3 is 15.2 Å². The Labute approximate surface area is 128 Å². The molecule has 3 unspecified atom stereocenters. The van der Waals surface area contributed by atoms with Crippen molar-refractivity contribution in [2.75, 3.05) is 6.61 Å². The molecule has 4 heteroatoms. The van der Waals surface area contributed by atoms with Crippen LogP contribution in [0.5, 0.6) is 5.75 Å². The van der Waals surface area contributed by atoms with Gasteiger partial charge in [-0.15, -0.1) is 0 Å². The van der Waals surface area contributed by atoms with Crippen LogP contribution in [0.2, 0.25) is 0 Å². The number of hydrogen-bond acceptors (Lipinski definition) is 3. The molecular formula is C18H17NO3. The molecule has 1 aliphatic heterocycles. The van der Waals surface area contributed by atoms with E-state index < -0.39 is 6.10 Å². The van der Waals surface area contributed by atoms with Crippen LogP contribution in [0.3, 0.4) is 0 Å². The maximum Gasteiger partial charge on any atom is 0.231 e. The average molecular weight is 295 g/mol. The minimum absolute atomic E-state index is 0.0919. The summed E-state index contributed by atoms with van der Waals surface area (Å²) in [5.74, 6) is 0.372. The molecule has 0 saturated heterocycles. The van der Waals surface area contributed by atoms with E-state index in [9.17, 15) is 9.90 Å². The molecule has 3 atom stereocenters. The molecule has 1 heterocycles. The molecule has 0 saturated carbocycles. The number of aliphatic hydroxyl groups excluding tert-OH is 1. The molecule has 4 nitrogen and oxygen atoms in total. The van der Waals surface area contributed by atoms with Crippen molar-refractivity contribution in [3.05, 3.63) is 65.2 Å². The minimum Gasteiger partial charge on any atom is -0.492 e. The smallest absolute Gasteiger partial charge is 0.231 e. The van der Waals surface area contributed by atoms with Crippen LogP contribution in [0.15, 0.2) is 48.5 Å². The highest BCUT2D eigenvalue weighted by Crippen LogP contribution is 2.36. The van der Waals surface area contributed by atoms with E-state index in [2.05, 4.69) is 5.32 Å². The second-order valence-electron chi connectivity index (χ2n) is 5.86. The predicted molar refractivity (Wildman–Crippen MR) is 81.7 cm³/mol. The molecule has 1 amide bonds. The fourth-order valence-electron chi connectivity index (χ4n) is 3.38. The molecule has 4 rings (SSSR count). The first kappa shape index (κ1) is 13.3. The summed E-state index contributed by atoms with van der Waals surface area (Å²) >= 11 is 0. The number of carbonyl (C=O) groups is 1. The first-order valence-electron chi connectivity index (χ1n) is 7.52. The normalized spacial score (nSPS) is 25.2. The van der Waals surface area contributed by atoms with Crippen LogP contribution >= 0.6 is 0 Å². The Hall–Kier alpha value is -2.33. The Kier molecular flexibility index (Phi) is 3.12. The number of amides is 1. The number of hydrogen-bond donors (Lipinski definition) is 2. The molecule has 2 N–H and O–H groups in total. The SMILES string of the molecule is O=C(NC1c2ccccc2CC1O)C1COc2ccccc21. The summed E-state index contributed by atoms with van der Waals surface area (Å²) in [7, 11) is 0. The van der Waals surface area contributed by atoms with Crippen LogP contribution < -0.4 is 10.1 Å². The van der Waals surface area contributed by atoms with Gasteiger partial charge in [0.05, 0.1) is 12.1 Å². The third kappa shape index (κ3) is 2.07. The molecule has 2 aromatic rings. The Balaban J connectivity index is 1.56. The van der Waals surface area contributed by atoms with Gasteiger partial charge >= 0.3 is 0 Å². The molecule has 112 valence electrons. The summed E-state index contributed by atoms with van der Waals surface area (Å²) in [6.07, 6.45) is 0.0118. The van der Waals surface area contributed by atoms with Crippen LogP contribution in [-0.2, 0) is 11.2 Å². The Bertz CT molecular complexity index is 728. The van der Waals surface area contributed by atoms with Gasteiger partial charge in [-0.25, -0.2) is 0 Å². The van der Waals surface area contributed by atoms with Crippen LogP contribution in [0.1, 0.15) is 28.7 Å².